The number of amides is 2. The molecule has 2 atom stereocenters. The summed E-state index contributed by atoms with van der Waals surface area (Å²) in [5.41, 5.74) is 5.66. The Morgan fingerprint density at radius 3 is 2.14 bits per heavy atom. The zero-order valence-electron chi connectivity index (χ0n) is 19.7. The lowest BCUT2D eigenvalue weighted by atomic mass is 9.98. The molecule has 1 aliphatic rings. The van der Waals surface area contributed by atoms with Crippen LogP contribution in [0.3, 0.4) is 0 Å². The maximum Gasteiger partial charge on any atom is 0.407 e. The maximum atomic E-state index is 12.3. The quantitative estimate of drug-likeness (QED) is 0.300. The van der Waals surface area contributed by atoms with E-state index < -0.39 is 18.3 Å². The monoisotopic (exact) mass is 508 g/mol. The predicted molar refractivity (Wildman–Crippen MR) is 139 cm³/mol. The lowest BCUT2D eigenvalue weighted by Gasteiger charge is -2.19. The first-order valence-electron chi connectivity index (χ1n) is 11.9. The number of aliphatic hydroxyl groups excluding tert-OH is 2. The number of carbonyl (C=O) groups is 2. The van der Waals surface area contributed by atoms with Crippen molar-refractivity contribution in [3.8, 4) is 11.1 Å². The number of aliphatic hydroxyl groups is 2. The van der Waals surface area contributed by atoms with Crippen molar-refractivity contribution in [2.75, 3.05) is 24.3 Å². The number of hydrogen-bond donors (Lipinski definition) is 4. The first kappa shape index (κ1) is 25.7. The fourth-order valence-electron chi connectivity index (χ4n) is 4.42. The molecule has 0 bridgehead atoms. The Labute approximate surface area is 215 Å². The molecule has 2 amide bonds. The van der Waals surface area contributed by atoms with Gasteiger partial charge in [0.2, 0.25) is 5.91 Å². The van der Waals surface area contributed by atoms with Gasteiger partial charge in [0.05, 0.1) is 6.10 Å². The van der Waals surface area contributed by atoms with E-state index in [4.69, 9.17) is 16.3 Å². The summed E-state index contributed by atoms with van der Waals surface area (Å²) in [6, 6.07) is 22.8. The van der Waals surface area contributed by atoms with Crippen LogP contribution in [0.5, 0.6) is 0 Å². The Balaban J connectivity index is 1.23. The first-order chi connectivity index (χ1) is 17.5. The van der Waals surface area contributed by atoms with E-state index in [0.29, 0.717) is 11.3 Å². The van der Waals surface area contributed by atoms with E-state index in [-0.39, 0.29) is 43.7 Å². The van der Waals surface area contributed by atoms with Gasteiger partial charge >= 0.3 is 6.09 Å². The molecule has 0 heterocycles. The average molecular weight is 509 g/mol. The fraction of sp³-hybridized carbons (Fsp3) is 0.286. The summed E-state index contributed by atoms with van der Waals surface area (Å²) in [5.74, 6) is 0.00899. The molecule has 0 aliphatic heterocycles. The molecule has 3 aromatic carbocycles. The molecular weight excluding hydrogens is 480 g/mol. The van der Waals surface area contributed by atoms with Crippen LogP contribution in [0, 0.1) is 0 Å². The standard InChI is InChI=1S/C28H29ClN2O5/c29-15-13-26(33)31-19-11-9-18(10-12-19)27(34)25(32)14-16-30-28(35)36-17-24-22-7-3-1-5-20(22)21-6-2-4-8-23(21)24/h1-12,24-25,27,32,34H,13-17H2,(H,30,35)(H,31,33). The molecule has 0 saturated carbocycles. The highest BCUT2D eigenvalue weighted by molar-refractivity contribution is 6.19. The van der Waals surface area contributed by atoms with Crippen LogP contribution in [0.2, 0.25) is 0 Å². The van der Waals surface area contributed by atoms with Crippen LogP contribution in [0.15, 0.2) is 72.8 Å². The van der Waals surface area contributed by atoms with Gasteiger partial charge in [-0.1, -0.05) is 60.7 Å². The van der Waals surface area contributed by atoms with Crippen LogP contribution in [-0.4, -0.2) is 47.3 Å². The van der Waals surface area contributed by atoms with Crippen molar-refractivity contribution in [2.24, 2.45) is 0 Å². The molecule has 2 unspecified atom stereocenters. The third-order valence-corrected chi connectivity index (χ3v) is 6.46. The summed E-state index contributed by atoms with van der Waals surface area (Å²) in [4.78, 5) is 23.9. The number of alkyl halides is 1. The predicted octanol–water partition coefficient (Wildman–Crippen LogP) is 4.58. The van der Waals surface area contributed by atoms with Crippen molar-refractivity contribution >= 4 is 29.3 Å². The maximum absolute atomic E-state index is 12.3. The summed E-state index contributed by atoms with van der Waals surface area (Å²) in [5, 5.41) is 26.2. The van der Waals surface area contributed by atoms with E-state index >= 15 is 0 Å². The van der Waals surface area contributed by atoms with Gasteiger partial charge in [-0.05, 0) is 46.4 Å². The lowest BCUT2D eigenvalue weighted by Crippen LogP contribution is -2.30. The van der Waals surface area contributed by atoms with Gasteiger partial charge in [0.1, 0.15) is 12.7 Å². The normalized spacial score (nSPS) is 13.9. The van der Waals surface area contributed by atoms with Gasteiger partial charge in [-0.3, -0.25) is 4.79 Å². The van der Waals surface area contributed by atoms with Gasteiger partial charge in [0, 0.05) is 30.5 Å². The summed E-state index contributed by atoms with van der Waals surface area (Å²) in [6.45, 7) is 0.348. The smallest absolute Gasteiger partial charge is 0.407 e. The van der Waals surface area contributed by atoms with Crippen LogP contribution in [0.25, 0.3) is 11.1 Å². The SMILES string of the molecule is O=C(CCCl)Nc1ccc(C(O)C(O)CCNC(=O)OCC2c3ccccc3-c3ccccc32)cc1. The molecule has 1 aliphatic carbocycles. The highest BCUT2D eigenvalue weighted by Gasteiger charge is 2.29. The van der Waals surface area contributed by atoms with Gasteiger partial charge in [-0.15, -0.1) is 11.6 Å². The Morgan fingerprint density at radius 1 is 0.917 bits per heavy atom. The molecule has 4 rings (SSSR count). The van der Waals surface area contributed by atoms with Crippen molar-refractivity contribution < 1.29 is 24.5 Å². The molecule has 3 aromatic rings. The van der Waals surface area contributed by atoms with Gasteiger partial charge in [0.25, 0.3) is 0 Å². The number of anilines is 1. The molecular formula is C28H29ClN2O5. The number of fused-ring (bicyclic) bond motifs is 3. The van der Waals surface area contributed by atoms with Crippen LogP contribution >= 0.6 is 11.6 Å². The second kappa shape index (κ2) is 12.0. The number of carbonyl (C=O) groups excluding carboxylic acids is 2. The first-order valence-corrected chi connectivity index (χ1v) is 12.4. The van der Waals surface area contributed by atoms with E-state index in [1.807, 2.05) is 24.3 Å². The Morgan fingerprint density at radius 2 is 1.53 bits per heavy atom. The minimum absolute atomic E-state index is 0.0294. The molecule has 0 saturated heterocycles. The number of hydrogen-bond acceptors (Lipinski definition) is 5. The zero-order chi connectivity index (χ0) is 25.5. The third kappa shape index (κ3) is 6.05. The number of alkyl carbamates (subject to hydrolysis) is 1. The third-order valence-electron chi connectivity index (χ3n) is 6.28. The summed E-state index contributed by atoms with van der Waals surface area (Å²) in [7, 11) is 0. The molecule has 36 heavy (non-hydrogen) atoms. The molecule has 0 aromatic heterocycles. The van der Waals surface area contributed by atoms with Crippen molar-refractivity contribution in [1.82, 2.24) is 5.32 Å². The van der Waals surface area contributed by atoms with Crippen molar-refractivity contribution in [3.05, 3.63) is 89.5 Å². The Bertz CT molecular complexity index is 1160. The van der Waals surface area contributed by atoms with Crippen LogP contribution in [0.1, 0.15) is 41.6 Å². The second-order valence-electron chi connectivity index (χ2n) is 8.66. The van der Waals surface area contributed by atoms with Gasteiger partial charge < -0.3 is 25.6 Å². The molecule has 188 valence electrons. The highest BCUT2D eigenvalue weighted by atomic mass is 35.5. The number of halogens is 1. The molecule has 7 nitrogen and oxygen atoms in total. The molecule has 0 radical (unpaired) electrons. The highest BCUT2D eigenvalue weighted by Crippen LogP contribution is 2.44. The largest absolute Gasteiger partial charge is 0.449 e. The van der Waals surface area contributed by atoms with E-state index in [1.54, 1.807) is 24.3 Å². The minimum Gasteiger partial charge on any atom is -0.449 e. The topological polar surface area (TPSA) is 108 Å². The van der Waals surface area contributed by atoms with Gasteiger partial charge in [0.15, 0.2) is 0 Å². The van der Waals surface area contributed by atoms with Crippen LogP contribution < -0.4 is 10.6 Å². The molecule has 8 heteroatoms. The van der Waals surface area contributed by atoms with E-state index in [9.17, 15) is 19.8 Å². The number of rotatable bonds is 10. The lowest BCUT2D eigenvalue weighted by molar-refractivity contribution is -0.115. The summed E-state index contributed by atoms with van der Waals surface area (Å²) in [6.07, 6.45) is -2.45. The second-order valence-corrected chi connectivity index (χ2v) is 9.04. The van der Waals surface area contributed by atoms with Crippen molar-refractivity contribution in [2.45, 2.75) is 31.0 Å². The van der Waals surface area contributed by atoms with Crippen LogP contribution in [0.4, 0.5) is 10.5 Å². The minimum atomic E-state index is -1.14. The molecule has 4 N–H and O–H groups in total. The van der Waals surface area contributed by atoms with Crippen molar-refractivity contribution in [3.63, 3.8) is 0 Å². The summed E-state index contributed by atoms with van der Waals surface area (Å²) >= 11 is 5.55. The fourth-order valence-corrected chi connectivity index (χ4v) is 4.60. The number of ether oxygens (including phenoxy) is 1. The van der Waals surface area contributed by atoms with E-state index in [2.05, 4.69) is 34.9 Å². The van der Waals surface area contributed by atoms with Crippen molar-refractivity contribution in [1.29, 1.82) is 0 Å². The van der Waals surface area contributed by atoms with E-state index in [1.165, 1.54) is 0 Å². The van der Waals surface area contributed by atoms with Gasteiger partial charge in [-0.25, -0.2) is 4.79 Å². The summed E-state index contributed by atoms with van der Waals surface area (Å²) < 4.78 is 5.49. The van der Waals surface area contributed by atoms with E-state index in [0.717, 1.165) is 22.3 Å². The Hall–Kier alpha value is -3.39. The van der Waals surface area contributed by atoms with Crippen LogP contribution in [-0.2, 0) is 9.53 Å². The Kier molecular flexibility index (Phi) is 8.59. The molecule has 0 fully saturated rings. The van der Waals surface area contributed by atoms with Gasteiger partial charge in [-0.2, -0.15) is 0 Å². The number of nitrogens with one attached hydrogen (secondary N) is 2. The zero-order valence-corrected chi connectivity index (χ0v) is 20.4. The number of benzene rings is 3. The molecule has 0 spiro atoms. The average Bonchev–Trinajstić information content (AvgIpc) is 3.21.